The first-order valence-electron chi connectivity index (χ1n) is 4.50. The van der Waals surface area contributed by atoms with Crippen LogP contribution in [0.1, 0.15) is 25.6 Å². The van der Waals surface area contributed by atoms with Crippen LogP contribution in [0.4, 0.5) is 0 Å². The zero-order valence-corrected chi connectivity index (χ0v) is 10.7. The fourth-order valence-corrected chi connectivity index (χ4v) is 3.15. The molecule has 0 radical (unpaired) electrons. The Morgan fingerprint density at radius 3 is 2.71 bits per heavy atom. The van der Waals surface area contributed by atoms with Crippen molar-refractivity contribution < 1.29 is 9.46 Å². The highest BCUT2D eigenvalue weighted by atomic mass is 79.9. The molecule has 1 rings (SSSR count). The topological polar surface area (TPSA) is 66.0 Å². The van der Waals surface area contributed by atoms with Gasteiger partial charge in [-0.15, -0.1) is 0 Å². The lowest BCUT2D eigenvalue weighted by molar-refractivity contribution is 0.495. The molecule has 1 unspecified atom stereocenters. The van der Waals surface area contributed by atoms with Gasteiger partial charge in [0.1, 0.15) is 15.9 Å². The summed E-state index contributed by atoms with van der Waals surface area (Å²) < 4.78 is 11.8. The Labute approximate surface area is 91.7 Å². The number of aromatic amines is 1. The molecule has 0 aliphatic rings. The van der Waals surface area contributed by atoms with Crippen LogP contribution in [0.2, 0.25) is 0 Å². The first kappa shape index (κ1) is 12.0. The van der Waals surface area contributed by atoms with E-state index < -0.39 is 7.37 Å². The molecule has 0 saturated carbocycles. The lowest BCUT2D eigenvalue weighted by atomic mass is 10.2. The highest BCUT2D eigenvalue weighted by Crippen LogP contribution is 2.35. The summed E-state index contributed by atoms with van der Waals surface area (Å²) >= 11 is 3.17. The van der Waals surface area contributed by atoms with E-state index in [9.17, 15) is 9.46 Å². The molecule has 0 amide bonds. The van der Waals surface area contributed by atoms with Crippen LogP contribution in [0, 0.1) is 0 Å². The van der Waals surface area contributed by atoms with Crippen molar-refractivity contribution in [2.24, 2.45) is 0 Å². The summed E-state index contributed by atoms with van der Waals surface area (Å²) in [5.41, 5.74) is 0.309. The summed E-state index contributed by atoms with van der Waals surface area (Å²) in [5, 5.41) is 0. The number of halogens is 1. The van der Waals surface area contributed by atoms with Gasteiger partial charge in [-0.1, -0.05) is 13.3 Å². The average molecular weight is 281 g/mol. The Morgan fingerprint density at radius 2 is 2.29 bits per heavy atom. The standard InChI is InChI=1S/C8H14BrN2O2P/c1-3-4-5-6-10-7(9)8(11-6)14(2,12)13/h3-5H2,1-2H3,(H,10,11)(H,12,13). The number of aryl methyl sites for hydroxylation is 1. The van der Waals surface area contributed by atoms with Crippen molar-refractivity contribution in [3.05, 3.63) is 10.4 Å². The molecule has 0 saturated heterocycles. The van der Waals surface area contributed by atoms with Crippen molar-refractivity contribution in [2.45, 2.75) is 26.2 Å². The molecule has 80 valence electrons. The molecule has 0 bridgehead atoms. The maximum atomic E-state index is 11.4. The van der Waals surface area contributed by atoms with Crippen molar-refractivity contribution in [2.75, 3.05) is 6.66 Å². The summed E-state index contributed by atoms with van der Waals surface area (Å²) in [6.07, 6.45) is 2.92. The van der Waals surface area contributed by atoms with E-state index >= 15 is 0 Å². The van der Waals surface area contributed by atoms with E-state index in [1.807, 2.05) is 0 Å². The predicted octanol–water partition coefficient (Wildman–Crippen LogP) is 2.04. The van der Waals surface area contributed by atoms with E-state index in [4.69, 9.17) is 0 Å². The van der Waals surface area contributed by atoms with E-state index in [-0.39, 0.29) is 0 Å². The predicted molar refractivity (Wildman–Crippen MR) is 60.3 cm³/mol. The summed E-state index contributed by atoms with van der Waals surface area (Å²) in [4.78, 5) is 16.4. The number of nitrogens with zero attached hydrogens (tertiary/aromatic N) is 1. The van der Waals surface area contributed by atoms with Crippen LogP contribution in [0.25, 0.3) is 0 Å². The normalized spacial score (nSPS) is 15.4. The Morgan fingerprint density at radius 1 is 1.64 bits per heavy atom. The van der Waals surface area contributed by atoms with Gasteiger partial charge in [-0.2, -0.15) is 0 Å². The van der Waals surface area contributed by atoms with Crippen molar-refractivity contribution in [3.63, 3.8) is 0 Å². The fourth-order valence-electron chi connectivity index (χ4n) is 1.13. The highest BCUT2D eigenvalue weighted by molar-refractivity contribution is 9.10. The van der Waals surface area contributed by atoms with Gasteiger partial charge in [0.25, 0.3) is 0 Å². The second-order valence-electron chi connectivity index (χ2n) is 3.31. The van der Waals surface area contributed by atoms with Crippen LogP contribution in [-0.4, -0.2) is 21.5 Å². The maximum absolute atomic E-state index is 11.4. The van der Waals surface area contributed by atoms with Crippen LogP contribution in [0.5, 0.6) is 0 Å². The number of nitrogens with one attached hydrogen (secondary N) is 1. The van der Waals surface area contributed by atoms with E-state index in [0.717, 1.165) is 25.1 Å². The van der Waals surface area contributed by atoms with Gasteiger partial charge in [0.2, 0.25) is 7.37 Å². The second kappa shape index (κ2) is 4.60. The minimum atomic E-state index is -3.23. The lowest BCUT2D eigenvalue weighted by Gasteiger charge is -2.00. The van der Waals surface area contributed by atoms with E-state index in [1.54, 1.807) is 0 Å². The summed E-state index contributed by atoms with van der Waals surface area (Å²) in [5.74, 6) is 0.768. The molecule has 0 spiro atoms. The lowest BCUT2D eigenvalue weighted by Crippen LogP contribution is -2.06. The van der Waals surface area contributed by atoms with Gasteiger partial charge in [-0.25, -0.2) is 4.98 Å². The minimum absolute atomic E-state index is 0.309. The highest BCUT2D eigenvalue weighted by Gasteiger charge is 2.21. The van der Waals surface area contributed by atoms with Gasteiger partial charge in [0.05, 0.1) is 0 Å². The van der Waals surface area contributed by atoms with Crippen molar-refractivity contribution >= 4 is 28.7 Å². The molecule has 1 atom stereocenters. The second-order valence-corrected chi connectivity index (χ2v) is 6.26. The largest absolute Gasteiger partial charge is 0.340 e. The fraction of sp³-hybridized carbons (Fsp3) is 0.625. The Hall–Kier alpha value is -0.120. The molecule has 1 aromatic heterocycles. The average Bonchev–Trinajstić information content (AvgIpc) is 2.42. The quantitative estimate of drug-likeness (QED) is 0.830. The van der Waals surface area contributed by atoms with E-state index in [2.05, 4.69) is 32.8 Å². The number of H-pyrrole nitrogens is 1. The number of hydrogen-bond acceptors (Lipinski definition) is 2. The van der Waals surface area contributed by atoms with Crippen LogP contribution in [0.3, 0.4) is 0 Å². The molecule has 1 heterocycles. The SMILES string of the molecule is CCCCc1nc(Br)c(P(C)(=O)O)[nH]1. The van der Waals surface area contributed by atoms with Gasteiger partial charge < -0.3 is 9.88 Å². The van der Waals surface area contributed by atoms with Crippen molar-refractivity contribution in [3.8, 4) is 0 Å². The third kappa shape index (κ3) is 2.94. The third-order valence-corrected chi connectivity index (χ3v) is 3.91. The van der Waals surface area contributed by atoms with Crippen molar-refractivity contribution in [1.29, 1.82) is 0 Å². The zero-order chi connectivity index (χ0) is 10.8. The van der Waals surface area contributed by atoms with Crippen LogP contribution in [-0.2, 0) is 11.0 Å². The van der Waals surface area contributed by atoms with Gasteiger partial charge in [-0.05, 0) is 22.4 Å². The van der Waals surface area contributed by atoms with Gasteiger partial charge in [0, 0.05) is 13.1 Å². The smallest absolute Gasteiger partial charge is 0.245 e. The Kier molecular flexibility index (Phi) is 3.93. The van der Waals surface area contributed by atoms with Crippen LogP contribution < -0.4 is 5.44 Å². The summed E-state index contributed by atoms with van der Waals surface area (Å²) in [7, 11) is -3.23. The molecule has 1 aromatic rings. The molecular weight excluding hydrogens is 267 g/mol. The molecule has 14 heavy (non-hydrogen) atoms. The van der Waals surface area contributed by atoms with E-state index in [0.29, 0.717) is 10.0 Å². The number of aromatic nitrogens is 2. The van der Waals surface area contributed by atoms with Gasteiger partial charge in [-0.3, -0.25) is 4.57 Å². The molecule has 6 heteroatoms. The number of rotatable bonds is 4. The number of unbranched alkanes of at least 4 members (excludes halogenated alkanes) is 1. The molecule has 4 nitrogen and oxygen atoms in total. The van der Waals surface area contributed by atoms with Gasteiger partial charge >= 0.3 is 0 Å². The van der Waals surface area contributed by atoms with Crippen LogP contribution in [0.15, 0.2) is 4.60 Å². The van der Waals surface area contributed by atoms with Crippen LogP contribution >= 0.6 is 23.3 Å². The minimum Gasteiger partial charge on any atom is -0.340 e. The molecule has 0 fully saturated rings. The van der Waals surface area contributed by atoms with Gasteiger partial charge in [0.15, 0.2) is 0 Å². The molecule has 0 aliphatic carbocycles. The monoisotopic (exact) mass is 280 g/mol. The van der Waals surface area contributed by atoms with Crippen molar-refractivity contribution in [1.82, 2.24) is 9.97 Å². The number of imidazole rings is 1. The third-order valence-electron chi connectivity index (χ3n) is 1.87. The number of hydrogen-bond donors (Lipinski definition) is 2. The Bertz CT molecular complexity index is 358. The Balaban J connectivity index is 2.88. The first-order chi connectivity index (χ1) is 6.45. The summed E-state index contributed by atoms with van der Waals surface area (Å²) in [6.45, 7) is 3.39. The molecule has 0 aliphatic heterocycles. The molecular formula is C8H14BrN2O2P. The molecule has 0 aromatic carbocycles. The first-order valence-corrected chi connectivity index (χ1v) is 7.40. The maximum Gasteiger partial charge on any atom is 0.245 e. The summed E-state index contributed by atoms with van der Waals surface area (Å²) in [6, 6.07) is 0. The van der Waals surface area contributed by atoms with E-state index in [1.165, 1.54) is 6.66 Å². The molecule has 2 N–H and O–H groups in total. The zero-order valence-electron chi connectivity index (χ0n) is 8.25.